The second kappa shape index (κ2) is 3.13. The molecule has 0 N–H and O–H groups in total. The Morgan fingerprint density at radius 3 is 1.80 bits per heavy atom. The Labute approximate surface area is 43.8 Å². The first-order valence-electron chi connectivity index (χ1n) is 1.36. The molecule has 0 amide bonds. The van der Waals surface area contributed by atoms with Gasteiger partial charge in [0.1, 0.15) is 0 Å². The van der Waals surface area contributed by atoms with Gasteiger partial charge < -0.3 is 0 Å². The summed E-state index contributed by atoms with van der Waals surface area (Å²) in [7, 11) is 9.93. The summed E-state index contributed by atoms with van der Waals surface area (Å²) in [6.07, 6.45) is 0. The zero-order valence-corrected chi connectivity index (χ0v) is 5.32. The third-order valence-corrected chi connectivity index (χ3v) is 2.15. The fourth-order valence-corrected chi connectivity index (χ4v) is 0. The topological polar surface area (TPSA) is 0 Å². The highest BCUT2D eigenvalue weighted by Gasteiger charge is 1.79. The van der Waals surface area contributed by atoms with Gasteiger partial charge in [-0.3, -0.25) is 0 Å². The molecule has 0 saturated carbocycles. The lowest BCUT2D eigenvalue weighted by Gasteiger charge is -1.91. The van der Waals surface area contributed by atoms with Crippen LogP contribution in [0.5, 0.6) is 0 Å². The number of hydrogen-bond donors (Lipinski definition) is 1. The largest absolute Gasteiger partial charge is 0.0963 e. The highest BCUT2D eigenvalue weighted by Crippen LogP contribution is 2.34. The van der Waals surface area contributed by atoms with E-state index in [9.17, 15) is 0 Å². The zero-order chi connectivity index (χ0) is 4.28. The van der Waals surface area contributed by atoms with E-state index in [0.29, 0.717) is 0 Å². The van der Waals surface area contributed by atoms with Gasteiger partial charge in [0.25, 0.3) is 0 Å². The Morgan fingerprint density at radius 1 is 1.60 bits per heavy atom. The minimum atomic E-state index is -0.654. The molecule has 0 aliphatic heterocycles. The molecule has 0 nitrogen and oxygen atoms in total. The van der Waals surface area contributed by atoms with E-state index in [2.05, 4.69) is 0 Å². The van der Waals surface area contributed by atoms with Crippen LogP contribution < -0.4 is 0 Å². The lowest BCUT2D eigenvalue weighted by atomic mass is 11.0. The third kappa shape index (κ3) is 4.93. The van der Waals surface area contributed by atoms with Gasteiger partial charge in [0.2, 0.25) is 0 Å². The Bertz CT molecular complexity index is 21.6. The maximum atomic E-state index is 5.29. The average molecular weight is 133 g/mol. The second-order valence-corrected chi connectivity index (χ2v) is 4.83. The van der Waals surface area contributed by atoms with Crippen LogP contribution in [0.25, 0.3) is 0 Å². The van der Waals surface area contributed by atoms with Gasteiger partial charge in [0.15, 0.2) is 0 Å². The van der Waals surface area contributed by atoms with Gasteiger partial charge in [-0.2, -0.15) is 0 Å². The normalized spacial score (nSPS) is 11.4. The molecule has 0 spiro atoms. The van der Waals surface area contributed by atoms with Crippen LogP contribution in [0.3, 0.4) is 0 Å². The maximum absolute atomic E-state index is 5.29. The zero-order valence-electron chi connectivity index (χ0n) is 2.91. The lowest BCUT2D eigenvalue weighted by Crippen LogP contribution is -1.55. The van der Waals surface area contributed by atoms with Crippen LogP contribution in [-0.2, 0) is 0 Å². The van der Waals surface area contributed by atoms with Gasteiger partial charge in [-0.05, 0) is 5.75 Å². The smallest absolute Gasteiger partial charge is 0.00245 e. The molecule has 5 heavy (non-hydrogen) atoms. The highest BCUT2D eigenvalue weighted by atomic mass is 36.0. The van der Waals surface area contributed by atoms with Crippen LogP contribution in [0.4, 0.5) is 0 Å². The molecule has 0 heterocycles. The van der Waals surface area contributed by atoms with Crippen LogP contribution in [0.2, 0.25) is 0 Å². The monoisotopic (exact) mass is 132 g/mol. The predicted molar refractivity (Wildman–Crippen MR) is 31.2 cm³/mol. The van der Waals surface area contributed by atoms with Crippen molar-refractivity contribution in [2.75, 3.05) is 5.75 Å². The Hall–Kier alpha value is 0.930. The first kappa shape index (κ1) is 5.93. The predicted octanol–water partition coefficient (Wildman–Crippen LogP) is 2.32. The molecule has 0 aromatic carbocycles. The van der Waals surface area contributed by atoms with Gasteiger partial charge in [-0.25, -0.2) is 0 Å². The molecule has 3 heteroatoms. The van der Waals surface area contributed by atoms with Gasteiger partial charge in [-0.1, -0.05) is 37.6 Å². The van der Waals surface area contributed by atoms with E-state index in [1.54, 1.807) is 0 Å². The van der Waals surface area contributed by atoms with Crippen molar-refractivity contribution in [3.8, 4) is 0 Å². The van der Waals surface area contributed by atoms with Crippen LogP contribution in [0, 0.1) is 0 Å². The van der Waals surface area contributed by atoms with Crippen molar-refractivity contribution in [1.29, 1.82) is 0 Å². The minimum Gasteiger partial charge on any atom is -0.0963 e. The first-order chi connectivity index (χ1) is 2.27. The van der Waals surface area contributed by atoms with Crippen molar-refractivity contribution in [1.82, 2.24) is 0 Å². The van der Waals surface area contributed by atoms with Gasteiger partial charge in [0, 0.05) is 0 Å². The van der Waals surface area contributed by atoms with Crippen molar-refractivity contribution >= 4 is 30.7 Å². The van der Waals surface area contributed by atoms with E-state index in [1.807, 2.05) is 6.92 Å². The Kier molecular flexibility index (Phi) is 3.72. The van der Waals surface area contributed by atoms with Gasteiger partial charge in [-0.15, -0.1) is 0 Å². The number of halogens is 2. The summed E-state index contributed by atoms with van der Waals surface area (Å²) in [6, 6.07) is 0. The van der Waals surface area contributed by atoms with E-state index in [4.69, 9.17) is 21.4 Å². The summed E-state index contributed by atoms with van der Waals surface area (Å²) in [5, 5.41) is 0. The summed E-state index contributed by atoms with van der Waals surface area (Å²) in [4.78, 5) is 0. The van der Waals surface area contributed by atoms with Crippen LogP contribution in [0.15, 0.2) is 0 Å². The van der Waals surface area contributed by atoms with E-state index in [-0.39, 0.29) is 0 Å². The highest BCUT2D eigenvalue weighted by molar-refractivity contribution is 8.52. The van der Waals surface area contributed by atoms with Crippen molar-refractivity contribution in [3.63, 3.8) is 0 Å². The molecular weight excluding hydrogens is 127 g/mol. The molecular formula is C2H6Cl2S. The summed E-state index contributed by atoms with van der Waals surface area (Å²) in [5.41, 5.74) is 0. The summed E-state index contributed by atoms with van der Waals surface area (Å²) < 4.78 is 0. The quantitative estimate of drug-likeness (QED) is 0.521. The molecule has 0 atom stereocenters. The number of thiol groups is 1. The standard InChI is InChI=1S/C2H6Cl2S/c1-2-5(3)4/h5H,2H2,1H3. The average Bonchev–Trinajstić information content (AvgIpc) is 1.38. The first-order valence-corrected chi connectivity index (χ1v) is 4.70. The molecule has 0 saturated heterocycles. The fraction of sp³-hybridized carbons (Fsp3) is 1.00. The number of rotatable bonds is 1. The summed E-state index contributed by atoms with van der Waals surface area (Å²) in [5.74, 6) is 0.901. The van der Waals surface area contributed by atoms with E-state index >= 15 is 0 Å². The van der Waals surface area contributed by atoms with E-state index in [0.717, 1.165) is 5.75 Å². The lowest BCUT2D eigenvalue weighted by molar-refractivity contribution is 1.54. The summed E-state index contributed by atoms with van der Waals surface area (Å²) in [6.45, 7) is 1.96. The molecule has 0 unspecified atom stereocenters. The third-order valence-electron chi connectivity index (χ3n) is 0.239. The van der Waals surface area contributed by atoms with Gasteiger partial charge in [0.05, 0.1) is 0 Å². The van der Waals surface area contributed by atoms with Gasteiger partial charge >= 0.3 is 0 Å². The van der Waals surface area contributed by atoms with Crippen molar-refractivity contribution in [2.24, 2.45) is 0 Å². The minimum absolute atomic E-state index is 0.654. The van der Waals surface area contributed by atoms with E-state index < -0.39 is 9.32 Å². The molecule has 0 fully saturated rings. The van der Waals surface area contributed by atoms with Crippen molar-refractivity contribution < 1.29 is 0 Å². The van der Waals surface area contributed by atoms with Crippen molar-refractivity contribution in [2.45, 2.75) is 6.92 Å². The SMILES string of the molecule is CC[SH](Cl)Cl. The fourth-order valence-electron chi connectivity index (χ4n) is 0. The molecule has 0 bridgehead atoms. The maximum Gasteiger partial charge on any atom is -0.00245 e. The van der Waals surface area contributed by atoms with Crippen LogP contribution in [-0.4, -0.2) is 5.75 Å². The molecule has 0 aromatic heterocycles. The molecule has 0 aliphatic carbocycles. The van der Waals surface area contributed by atoms with E-state index in [1.165, 1.54) is 0 Å². The van der Waals surface area contributed by atoms with Crippen molar-refractivity contribution in [3.05, 3.63) is 0 Å². The summed E-state index contributed by atoms with van der Waals surface area (Å²) >= 11 is 0. The second-order valence-electron chi connectivity index (χ2n) is 0.619. The van der Waals surface area contributed by atoms with Crippen LogP contribution >= 0.6 is 30.7 Å². The molecule has 0 aliphatic rings. The molecule has 0 radical (unpaired) electrons. The van der Waals surface area contributed by atoms with Crippen LogP contribution in [0.1, 0.15) is 6.92 Å². The molecule has 34 valence electrons. The molecule has 0 aromatic rings. The Morgan fingerprint density at radius 2 is 1.80 bits per heavy atom. The number of hydrogen-bond acceptors (Lipinski definition) is 0. The Balaban J connectivity index is 2.54. The molecule has 0 rings (SSSR count).